The summed E-state index contributed by atoms with van der Waals surface area (Å²) in [6.07, 6.45) is 7.20. The van der Waals surface area contributed by atoms with Crippen LogP contribution in [0.2, 0.25) is 0 Å². The Morgan fingerprint density at radius 3 is 2.95 bits per heavy atom. The van der Waals surface area contributed by atoms with Gasteiger partial charge in [-0.15, -0.1) is 5.10 Å². The van der Waals surface area contributed by atoms with Crippen molar-refractivity contribution in [2.75, 3.05) is 0 Å². The summed E-state index contributed by atoms with van der Waals surface area (Å²) in [6, 6.07) is 12.0. The van der Waals surface area contributed by atoms with E-state index in [0.29, 0.717) is 0 Å². The first-order valence-electron chi connectivity index (χ1n) is 6.30. The van der Waals surface area contributed by atoms with Crippen molar-refractivity contribution in [2.45, 2.75) is 0 Å². The van der Waals surface area contributed by atoms with Crippen molar-refractivity contribution in [3.05, 3.63) is 61.2 Å². The molecule has 0 bridgehead atoms. The van der Waals surface area contributed by atoms with Crippen molar-refractivity contribution in [2.24, 2.45) is 0 Å². The minimum atomic E-state index is 0.812. The lowest BCUT2D eigenvalue weighted by Gasteiger charge is -1.99. The lowest BCUT2D eigenvalue weighted by Crippen LogP contribution is -1.98. The van der Waals surface area contributed by atoms with Gasteiger partial charge in [0.2, 0.25) is 0 Å². The molecule has 4 aromatic rings. The maximum absolute atomic E-state index is 4.50. The average Bonchev–Trinajstić information content (AvgIpc) is 3.16. The number of pyridine rings is 1. The number of fused-ring (bicyclic) bond motifs is 1. The fourth-order valence-corrected chi connectivity index (χ4v) is 2.20. The number of rotatable bonds is 2. The Morgan fingerprint density at radius 1 is 1.05 bits per heavy atom. The normalized spacial score (nSPS) is 11.0. The Hall–Kier alpha value is -2.95. The Bertz CT molecular complexity index is 860. The number of aromatic amines is 1. The quantitative estimate of drug-likeness (QED) is 0.603. The van der Waals surface area contributed by atoms with E-state index in [1.165, 1.54) is 0 Å². The highest BCUT2D eigenvalue weighted by molar-refractivity contribution is 5.81. The van der Waals surface area contributed by atoms with Crippen molar-refractivity contribution in [1.29, 1.82) is 0 Å². The van der Waals surface area contributed by atoms with Crippen LogP contribution in [0.4, 0.5) is 0 Å². The first-order valence-corrected chi connectivity index (χ1v) is 6.30. The van der Waals surface area contributed by atoms with Gasteiger partial charge in [-0.25, -0.2) is 0 Å². The van der Waals surface area contributed by atoms with Crippen LogP contribution in [0.25, 0.3) is 27.8 Å². The third-order valence-corrected chi connectivity index (χ3v) is 3.22. The molecule has 1 aromatic carbocycles. The number of hydrogen-bond donors (Lipinski definition) is 1. The van der Waals surface area contributed by atoms with E-state index in [4.69, 9.17) is 0 Å². The summed E-state index contributed by atoms with van der Waals surface area (Å²) in [7, 11) is 0. The molecule has 1 N–H and O–H groups in total. The fraction of sp³-hybridized carbons (Fsp3) is 0. The second-order valence-corrected chi connectivity index (χ2v) is 4.51. The molecule has 0 aliphatic heterocycles. The van der Waals surface area contributed by atoms with Gasteiger partial charge in [-0.3, -0.25) is 4.98 Å². The number of nitrogens with one attached hydrogen (secondary N) is 1. The molecule has 4 rings (SSSR count). The van der Waals surface area contributed by atoms with Crippen LogP contribution >= 0.6 is 0 Å². The summed E-state index contributed by atoms with van der Waals surface area (Å²) in [4.78, 5) is 8.90. The molecule has 3 heterocycles. The average molecular weight is 261 g/mol. The minimum Gasteiger partial charge on any atom is -0.361 e. The lowest BCUT2D eigenvalue weighted by atomic mass is 10.2. The second kappa shape index (κ2) is 4.31. The monoisotopic (exact) mass is 261 g/mol. The van der Waals surface area contributed by atoms with Gasteiger partial charge < -0.3 is 4.98 Å². The molecular weight excluding hydrogens is 250 g/mol. The molecule has 3 aromatic heterocycles. The minimum absolute atomic E-state index is 0.812. The van der Waals surface area contributed by atoms with Crippen LogP contribution in [0.3, 0.4) is 0 Å². The number of aromatic nitrogens is 5. The molecule has 0 unspecified atom stereocenters. The van der Waals surface area contributed by atoms with Crippen LogP contribution in [0.5, 0.6) is 0 Å². The van der Waals surface area contributed by atoms with Crippen LogP contribution in [0.1, 0.15) is 0 Å². The zero-order valence-corrected chi connectivity index (χ0v) is 10.6. The number of H-pyrrole nitrogens is 1. The van der Waals surface area contributed by atoms with Crippen LogP contribution in [-0.4, -0.2) is 25.0 Å². The number of nitrogens with zero attached hydrogens (tertiary/aromatic N) is 4. The summed E-state index contributed by atoms with van der Waals surface area (Å²) in [5, 5.41) is 9.96. The summed E-state index contributed by atoms with van der Waals surface area (Å²) in [6.45, 7) is 0. The van der Waals surface area contributed by atoms with E-state index in [1.807, 2.05) is 36.5 Å². The Labute approximate surface area is 114 Å². The molecule has 0 radical (unpaired) electrons. The SMILES string of the molecule is c1cncc(-c2cnn(-c3ccc4[nH]ccc4c3)n2)c1. The highest BCUT2D eigenvalue weighted by atomic mass is 15.5. The van der Waals surface area contributed by atoms with Crippen molar-refractivity contribution < 1.29 is 0 Å². The van der Waals surface area contributed by atoms with Crippen molar-refractivity contribution in [3.63, 3.8) is 0 Å². The van der Waals surface area contributed by atoms with E-state index in [2.05, 4.69) is 26.2 Å². The fourth-order valence-electron chi connectivity index (χ4n) is 2.20. The Morgan fingerprint density at radius 2 is 2.05 bits per heavy atom. The van der Waals surface area contributed by atoms with Gasteiger partial charge in [0.25, 0.3) is 0 Å². The van der Waals surface area contributed by atoms with E-state index in [-0.39, 0.29) is 0 Å². The van der Waals surface area contributed by atoms with E-state index in [9.17, 15) is 0 Å². The molecule has 0 saturated carbocycles. The summed E-state index contributed by atoms with van der Waals surface area (Å²) in [5.41, 5.74) is 3.81. The maximum Gasteiger partial charge on any atom is 0.115 e. The lowest BCUT2D eigenvalue weighted by molar-refractivity contribution is 0.754. The standard InChI is InChI=1S/C15H11N5/c1-2-12(9-16-6-1)15-10-18-20(19-15)13-3-4-14-11(8-13)5-7-17-14/h1-10,17H. The highest BCUT2D eigenvalue weighted by Crippen LogP contribution is 2.18. The van der Waals surface area contributed by atoms with E-state index in [0.717, 1.165) is 27.8 Å². The van der Waals surface area contributed by atoms with Crippen LogP contribution in [0.15, 0.2) is 61.2 Å². The molecule has 0 atom stereocenters. The largest absolute Gasteiger partial charge is 0.361 e. The third-order valence-electron chi connectivity index (χ3n) is 3.22. The number of benzene rings is 1. The van der Waals surface area contributed by atoms with E-state index in [1.54, 1.807) is 23.4 Å². The van der Waals surface area contributed by atoms with Crippen molar-refractivity contribution >= 4 is 10.9 Å². The third kappa shape index (κ3) is 1.76. The molecule has 0 aliphatic carbocycles. The van der Waals surface area contributed by atoms with Crippen LogP contribution in [-0.2, 0) is 0 Å². The summed E-state index contributed by atoms with van der Waals surface area (Å²) >= 11 is 0. The molecule has 20 heavy (non-hydrogen) atoms. The van der Waals surface area contributed by atoms with E-state index >= 15 is 0 Å². The van der Waals surface area contributed by atoms with Crippen molar-refractivity contribution in [3.8, 4) is 16.9 Å². The van der Waals surface area contributed by atoms with E-state index < -0.39 is 0 Å². The number of hydrogen-bond acceptors (Lipinski definition) is 3. The molecule has 0 saturated heterocycles. The molecule has 5 heteroatoms. The summed E-state index contributed by atoms with van der Waals surface area (Å²) in [5.74, 6) is 0. The molecule has 5 nitrogen and oxygen atoms in total. The van der Waals surface area contributed by atoms with Gasteiger partial charge in [-0.1, -0.05) is 0 Å². The van der Waals surface area contributed by atoms with Gasteiger partial charge >= 0.3 is 0 Å². The van der Waals surface area contributed by atoms with Gasteiger partial charge in [-0.05, 0) is 36.4 Å². The van der Waals surface area contributed by atoms with Crippen LogP contribution < -0.4 is 0 Å². The first kappa shape index (κ1) is 10.9. The van der Waals surface area contributed by atoms with Crippen LogP contribution in [0, 0.1) is 0 Å². The Balaban J connectivity index is 1.77. The van der Waals surface area contributed by atoms with Gasteiger partial charge in [0.1, 0.15) is 5.69 Å². The molecule has 0 aliphatic rings. The van der Waals surface area contributed by atoms with Gasteiger partial charge in [0.15, 0.2) is 0 Å². The Kier molecular flexibility index (Phi) is 2.35. The molecule has 0 spiro atoms. The second-order valence-electron chi connectivity index (χ2n) is 4.51. The zero-order chi connectivity index (χ0) is 13.4. The summed E-state index contributed by atoms with van der Waals surface area (Å²) < 4.78 is 0. The van der Waals surface area contributed by atoms with Gasteiger partial charge in [-0.2, -0.15) is 9.90 Å². The topological polar surface area (TPSA) is 59.4 Å². The zero-order valence-electron chi connectivity index (χ0n) is 10.6. The molecule has 96 valence electrons. The molecule has 0 amide bonds. The smallest absolute Gasteiger partial charge is 0.115 e. The van der Waals surface area contributed by atoms with Gasteiger partial charge in [0, 0.05) is 35.1 Å². The van der Waals surface area contributed by atoms with Crippen molar-refractivity contribution in [1.82, 2.24) is 25.0 Å². The predicted molar refractivity (Wildman–Crippen MR) is 76.4 cm³/mol. The first-order chi connectivity index (χ1) is 9.90. The molecular formula is C15H11N5. The predicted octanol–water partition coefficient (Wildman–Crippen LogP) is 2.81. The molecule has 0 fully saturated rings. The maximum atomic E-state index is 4.50. The highest BCUT2D eigenvalue weighted by Gasteiger charge is 2.06. The van der Waals surface area contributed by atoms with Gasteiger partial charge in [0.05, 0.1) is 11.9 Å².